The van der Waals surface area contributed by atoms with Crippen molar-refractivity contribution in [1.82, 2.24) is 19.9 Å². The zero-order chi connectivity index (χ0) is 13.2. The molecule has 0 saturated heterocycles. The first-order chi connectivity index (χ1) is 9.24. The van der Waals surface area contributed by atoms with Crippen LogP contribution >= 0.6 is 0 Å². The maximum absolute atomic E-state index is 4.33. The molecule has 19 heavy (non-hydrogen) atoms. The van der Waals surface area contributed by atoms with Crippen LogP contribution < -0.4 is 5.32 Å². The first kappa shape index (κ1) is 12.6. The number of nitrogens with zero attached hydrogens (tertiary/aromatic N) is 3. The number of rotatable bonds is 3. The molecule has 0 bridgehead atoms. The molecule has 1 N–H and O–H groups in total. The molecule has 0 aromatic carbocycles. The molecule has 2 aromatic heterocycles. The van der Waals surface area contributed by atoms with E-state index in [2.05, 4.69) is 33.8 Å². The molecular weight excluding hydrogens is 236 g/mol. The lowest BCUT2D eigenvalue weighted by molar-refractivity contribution is 0.282. The second-order valence-electron chi connectivity index (χ2n) is 5.84. The van der Waals surface area contributed by atoms with Crippen LogP contribution in [-0.4, -0.2) is 20.6 Å². The van der Waals surface area contributed by atoms with Crippen molar-refractivity contribution in [1.29, 1.82) is 0 Å². The lowest BCUT2D eigenvalue weighted by Gasteiger charge is -2.29. The molecule has 1 aliphatic rings. The highest BCUT2D eigenvalue weighted by Gasteiger charge is 2.22. The van der Waals surface area contributed by atoms with Gasteiger partial charge in [0.25, 0.3) is 0 Å². The third-order valence-electron chi connectivity index (χ3n) is 4.15. The van der Waals surface area contributed by atoms with Crippen LogP contribution in [0.2, 0.25) is 0 Å². The van der Waals surface area contributed by atoms with E-state index < -0.39 is 0 Å². The van der Waals surface area contributed by atoms with Gasteiger partial charge in [-0.15, -0.1) is 10.2 Å². The van der Waals surface area contributed by atoms with E-state index in [-0.39, 0.29) is 6.04 Å². The summed E-state index contributed by atoms with van der Waals surface area (Å²) < 4.78 is 2.07. The molecule has 2 aromatic rings. The van der Waals surface area contributed by atoms with Gasteiger partial charge in [0.05, 0.1) is 6.04 Å². The second kappa shape index (κ2) is 5.29. The van der Waals surface area contributed by atoms with Gasteiger partial charge in [-0.2, -0.15) is 0 Å². The van der Waals surface area contributed by atoms with Crippen molar-refractivity contribution < 1.29 is 0 Å². The Morgan fingerprint density at radius 3 is 3.05 bits per heavy atom. The smallest absolute Gasteiger partial charge is 0.160 e. The van der Waals surface area contributed by atoms with Crippen molar-refractivity contribution in [2.45, 2.75) is 51.6 Å². The molecular formula is C15H22N4. The molecule has 4 heteroatoms. The molecule has 0 amide bonds. The molecule has 102 valence electrons. The van der Waals surface area contributed by atoms with Crippen molar-refractivity contribution in [2.75, 3.05) is 0 Å². The van der Waals surface area contributed by atoms with Crippen LogP contribution in [0.4, 0.5) is 0 Å². The maximum Gasteiger partial charge on any atom is 0.160 e. The van der Waals surface area contributed by atoms with Gasteiger partial charge in [0.1, 0.15) is 0 Å². The van der Waals surface area contributed by atoms with Crippen LogP contribution in [0.5, 0.6) is 0 Å². The molecule has 1 fully saturated rings. The molecule has 1 saturated carbocycles. The van der Waals surface area contributed by atoms with Crippen LogP contribution in [0.25, 0.3) is 5.65 Å². The minimum atomic E-state index is 0.243. The average Bonchev–Trinajstić information content (AvgIpc) is 2.82. The third-order valence-corrected chi connectivity index (χ3v) is 4.15. The molecule has 2 heterocycles. The zero-order valence-corrected chi connectivity index (χ0v) is 11.7. The number of aromatic nitrogens is 3. The summed E-state index contributed by atoms with van der Waals surface area (Å²) in [5, 5.41) is 12.3. The van der Waals surface area contributed by atoms with Gasteiger partial charge in [-0.05, 0) is 37.8 Å². The van der Waals surface area contributed by atoms with E-state index >= 15 is 0 Å². The van der Waals surface area contributed by atoms with E-state index in [0.717, 1.165) is 17.4 Å². The second-order valence-corrected chi connectivity index (χ2v) is 5.84. The summed E-state index contributed by atoms with van der Waals surface area (Å²) in [5.41, 5.74) is 0.920. The minimum Gasteiger partial charge on any atom is -0.305 e. The Balaban J connectivity index is 1.74. The van der Waals surface area contributed by atoms with Crippen LogP contribution in [0.1, 0.15) is 51.4 Å². The highest BCUT2D eigenvalue weighted by molar-refractivity contribution is 5.37. The summed E-state index contributed by atoms with van der Waals surface area (Å²) in [7, 11) is 0. The molecule has 3 atom stereocenters. The third kappa shape index (κ3) is 2.63. The lowest BCUT2D eigenvalue weighted by Crippen LogP contribution is -2.36. The standard InChI is InChI=1S/C15H22N4/c1-11-6-5-7-13(10-11)16-12(2)15-18-17-14-8-3-4-9-19(14)15/h3-4,8-9,11-13,16H,5-7,10H2,1-2H3. The van der Waals surface area contributed by atoms with Crippen LogP contribution in [0, 0.1) is 5.92 Å². The minimum absolute atomic E-state index is 0.243. The van der Waals surface area contributed by atoms with E-state index in [1.54, 1.807) is 0 Å². The number of hydrogen-bond acceptors (Lipinski definition) is 3. The molecule has 0 spiro atoms. The number of hydrogen-bond donors (Lipinski definition) is 1. The van der Waals surface area contributed by atoms with Crippen molar-refractivity contribution in [2.24, 2.45) is 5.92 Å². The molecule has 4 nitrogen and oxygen atoms in total. The summed E-state index contributed by atoms with van der Waals surface area (Å²) in [5.74, 6) is 1.85. The quantitative estimate of drug-likeness (QED) is 0.920. The van der Waals surface area contributed by atoms with Gasteiger partial charge < -0.3 is 5.32 Å². The SMILES string of the molecule is CC1CCCC(NC(C)c2nnc3ccccn23)C1. The Morgan fingerprint density at radius 2 is 2.21 bits per heavy atom. The Hall–Kier alpha value is -1.42. The number of nitrogens with one attached hydrogen (secondary N) is 1. The molecule has 0 aliphatic heterocycles. The topological polar surface area (TPSA) is 42.2 Å². The van der Waals surface area contributed by atoms with Crippen LogP contribution in [0.15, 0.2) is 24.4 Å². The highest BCUT2D eigenvalue weighted by Crippen LogP contribution is 2.25. The van der Waals surface area contributed by atoms with Gasteiger partial charge >= 0.3 is 0 Å². The molecule has 3 unspecified atom stereocenters. The monoisotopic (exact) mass is 258 g/mol. The van der Waals surface area contributed by atoms with E-state index in [1.165, 1.54) is 25.7 Å². The molecule has 0 radical (unpaired) electrons. The van der Waals surface area contributed by atoms with Gasteiger partial charge in [0, 0.05) is 12.2 Å². The zero-order valence-electron chi connectivity index (χ0n) is 11.7. The van der Waals surface area contributed by atoms with Crippen molar-refractivity contribution in [3.05, 3.63) is 30.2 Å². The first-order valence-electron chi connectivity index (χ1n) is 7.30. The summed E-state index contributed by atoms with van der Waals surface area (Å²) in [6, 6.07) is 6.87. The fourth-order valence-electron chi connectivity index (χ4n) is 3.17. The first-order valence-corrected chi connectivity index (χ1v) is 7.30. The van der Waals surface area contributed by atoms with Crippen molar-refractivity contribution in [3.8, 4) is 0 Å². The van der Waals surface area contributed by atoms with Gasteiger partial charge in [-0.1, -0.05) is 25.8 Å². The summed E-state index contributed by atoms with van der Waals surface area (Å²) in [6.45, 7) is 4.54. The number of pyridine rings is 1. The Kier molecular flexibility index (Phi) is 3.51. The van der Waals surface area contributed by atoms with Gasteiger partial charge in [-0.25, -0.2) is 0 Å². The average molecular weight is 258 g/mol. The Morgan fingerprint density at radius 1 is 1.32 bits per heavy atom. The Labute approximate surface area is 114 Å². The lowest BCUT2D eigenvalue weighted by atomic mass is 9.87. The highest BCUT2D eigenvalue weighted by atomic mass is 15.3. The van der Waals surface area contributed by atoms with Gasteiger partial charge in [-0.3, -0.25) is 4.40 Å². The molecule has 1 aliphatic carbocycles. The predicted octanol–water partition coefficient (Wildman–Crippen LogP) is 2.96. The van der Waals surface area contributed by atoms with E-state index in [9.17, 15) is 0 Å². The van der Waals surface area contributed by atoms with Crippen LogP contribution in [-0.2, 0) is 0 Å². The van der Waals surface area contributed by atoms with Gasteiger partial charge in [0.2, 0.25) is 0 Å². The fourth-order valence-corrected chi connectivity index (χ4v) is 3.17. The van der Waals surface area contributed by atoms with Crippen molar-refractivity contribution >= 4 is 5.65 Å². The summed E-state index contributed by atoms with van der Waals surface area (Å²) >= 11 is 0. The summed E-state index contributed by atoms with van der Waals surface area (Å²) in [4.78, 5) is 0. The Bertz CT molecular complexity index is 548. The van der Waals surface area contributed by atoms with E-state index in [4.69, 9.17) is 0 Å². The van der Waals surface area contributed by atoms with Crippen LogP contribution in [0.3, 0.4) is 0 Å². The fraction of sp³-hybridized carbons (Fsp3) is 0.600. The van der Waals surface area contributed by atoms with E-state index in [0.29, 0.717) is 6.04 Å². The predicted molar refractivity (Wildman–Crippen MR) is 76.0 cm³/mol. The number of fused-ring (bicyclic) bond motifs is 1. The largest absolute Gasteiger partial charge is 0.305 e. The van der Waals surface area contributed by atoms with E-state index in [1.807, 2.05) is 24.4 Å². The van der Waals surface area contributed by atoms with Gasteiger partial charge in [0.15, 0.2) is 11.5 Å². The summed E-state index contributed by atoms with van der Waals surface area (Å²) in [6.07, 6.45) is 7.31. The maximum atomic E-state index is 4.33. The van der Waals surface area contributed by atoms with Crippen molar-refractivity contribution in [3.63, 3.8) is 0 Å². The normalized spacial score (nSPS) is 25.6. The molecule has 3 rings (SSSR count).